The second-order valence-corrected chi connectivity index (χ2v) is 3.26. The second kappa shape index (κ2) is 3.31. The molecule has 14 heavy (non-hydrogen) atoms. The molecule has 0 amide bonds. The lowest BCUT2D eigenvalue weighted by Gasteiger charge is -2.04. The van der Waals surface area contributed by atoms with Crippen molar-refractivity contribution >= 4 is 10.9 Å². The summed E-state index contributed by atoms with van der Waals surface area (Å²) in [5.74, 6) is 0.997. The molecular weight excluding hydrogens is 180 g/mol. The quantitative estimate of drug-likeness (QED) is 0.761. The molecule has 1 atom stereocenters. The Balaban J connectivity index is 2.58. The standard InChI is InChI=1S/C10H12N2O2/c1-6(11-2)10-8-4-3-7(13)5-9(8)12-14-10/h3-6,11,13H,1-2H3. The zero-order chi connectivity index (χ0) is 10.1. The molecule has 74 valence electrons. The summed E-state index contributed by atoms with van der Waals surface area (Å²) in [6, 6.07) is 5.14. The molecule has 2 aromatic rings. The average molecular weight is 192 g/mol. The molecule has 0 radical (unpaired) electrons. The van der Waals surface area contributed by atoms with E-state index >= 15 is 0 Å². The number of aromatic nitrogens is 1. The molecule has 1 unspecified atom stereocenters. The van der Waals surface area contributed by atoms with E-state index in [4.69, 9.17) is 4.52 Å². The van der Waals surface area contributed by atoms with Crippen LogP contribution in [0.2, 0.25) is 0 Å². The first-order valence-electron chi connectivity index (χ1n) is 4.48. The predicted molar refractivity (Wildman–Crippen MR) is 53.1 cm³/mol. The van der Waals surface area contributed by atoms with Crippen molar-refractivity contribution in [3.8, 4) is 5.75 Å². The molecular formula is C10H12N2O2. The number of benzene rings is 1. The first-order valence-corrected chi connectivity index (χ1v) is 4.48. The van der Waals surface area contributed by atoms with Gasteiger partial charge in [-0.2, -0.15) is 0 Å². The Bertz CT molecular complexity index is 450. The summed E-state index contributed by atoms with van der Waals surface area (Å²) in [7, 11) is 1.86. The van der Waals surface area contributed by atoms with Crippen LogP contribution in [0, 0.1) is 0 Å². The van der Waals surface area contributed by atoms with Crippen LogP contribution in [0.1, 0.15) is 18.7 Å². The number of fused-ring (bicyclic) bond motifs is 1. The van der Waals surface area contributed by atoms with Gasteiger partial charge in [-0.1, -0.05) is 5.16 Å². The van der Waals surface area contributed by atoms with Crippen LogP contribution in [-0.2, 0) is 0 Å². The smallest absolute Gasteiger partial charge is 0.161 e. The average Bonchev–Trinajstić information content (AvgIpc) is 2.59. The highest BCUT2D eigenvalue weighted by molar-refractivity contribution is 5.82. The Hall–Kier alpha value is -1.55. The summed E-state index contributed by atoms with van der Waals surface area (Å²) in [4.78, 5) is 0. The molecule has 1 aromatic carbocycles. The SMILES string of the molecule is CNC(C)c1onc2cc(O)ccc12. The van der Waals surface area contributed by atoms with Crippen molar-refractivity contribution in [1.82, 2.24) is 10.5 Å². The van der Waals surface area contributed by atoms with Crippen molar-refractivity contribution in [2.45, 2.75) is 13.0 Å². The van der Waals surface area contributed by atoms with E-state index in [0.29, 0.717) is 5.52 Å². The lowest BCUT2D eigenvalue weighted by molar-refractivity contribution is 0.360. The molecule has 0 spiro atoms. The molecule has 0 fully saturated rings. The fraction of sp³-hybridized carbons (Fsp3) is 0.300. The largest absolute Gasteiger partial charge is 0.508 e. The van der Waals surface area contributed by atoms with Crippen LogP contribution >= 0.6 is 0 Å². The third-order valence-corrected chi connectivity index (χ3v) is 2.32. The monoisotopic (exact) mass is 192 g/mol. The van der Waals surface area contributed by atoms with Gasteiger partial charge in [-0.25, -0.2) is 0 Å². The van der Waals surface area contributed by atoms with Crippen LogP contribution < -0.4 is 5.32 Å². The van der Waals surface area contributed by atoms with Gasteiger partial charge in [-0.05, 0) is 26.1 Å². The number of hydrogen-bond acceptors (Lipinski definition) is 4. The van der Waals surface area contributed by atoms with Gasteiger partial charge in [0.25, 0.3) is 0 Å². The van der Waals surface area contributed by atoms with Crippen LogP contribution in [0.25, 0.3) is 10.9 Å². The summed E-state index contributed by atoms with van der Waals surface area (Å²) in [5.41, 5.74) is 0.683. The minimum absolute atomic E-state index is 0.115. The summed E-state index contributed by atoms with van der Waals surface area (Å²) in [5, 5.41) is 17.1. The maximum absolute atomic E-state index is 9.24. The van der Waals surface area contributed by atoms with Gasteiger partial charge in [-0.15, -0.1) is 0 Å². The number of nitrogens with zero attached hydrogens (tertiary/aromatic N) is 1. The normalized spacial score (nSPS) is 13.3. The maximum Gasteiger partial charge on any atom is 0.161 e. The van der Waals surface area contributed by atoms with E-state index in [1.807, 2.05) is 20.0 Å². The van der Waals surface area contributed by atoms with Gasteiger partial charge < -0.3 is 14.9 Å². The van der Waals surface area contributed by atoms with Gasteiger partial charge in [0.05, 0.1) is 6.04 Å². The Morgan fingerprint density at radius 3 is 3.00 bits per heavy atom. The number of nitrogens with one attached hydrogen (secondary N) is 1. The Kier molecular flexibility index (Phi) is 2.13. The van der Waals surface area contributed by atoms with E-state index in [-0.39, 0.29) is 11.8 Å². The molecule has 0 aliphatic rings. The number of phenols is 1. The summed E-state index contributed by atoms with van der Waals surface area (Å²) >= 11 is 0. The first kappa shape index (κ1) is 9.02. The zero-order valence-corrected chi connectivity index (χ0v) is 8.11. The van der Waals surface area contributed by atoms with Gasteiger partial charge in [-0.3, -0.25) is 0 Å². The molecule has 0 bridgehead atoms. The van der Waals surface area contributed by atoms with Crippen LogP contribution in [0.5, 0.6) is 5.75 Å². The summed E-state index contributed by atoms with van der Waals surface area (Å²) in [6.45, 7) is 1.99. The van der Waals surface area contributed by atoms with E-state index in [9.17, 15) is 5.11 Å². The van der Waals surface area contributed by atoms with Crippen molar-refractivity contribution in [3.05, 3.63) is 24.0 Å². The van der Waals surface area contributed by atoms with Crippen LogP contribution in [0.15, 0.2) is 22.7 Å². The van der Waals surface area contributed by atoms with Gasteiger partial charge in [0, 0.05) is 11.5 Å². The van der Waals surface area contributed by atoms with Crippen molar-refractivity contribution < 1.29 is 9.63 Å². The van der Waals surface area contributed by atoms with E-state index < -0.39 is 0 Å². The lowest BCUT2D eigenvalue weighted by atomic mass is 10.1. The summed E-state index contributed by atoms with van der Waals surface area (Å²) < 4.78 is 5.20. The molecule has 0 saturated heterocycles. The van der Waals surface area contributed by atoms with Crippen molar-refractivity contribution in [1.29, 1.82) is 0 Å². The van der Waals surface area contributed by atoms with Gasteiger partial charge in [0.1, 0.15) is 11.3 Å². The van der Waals surface area contributed by atoms with Gasteiger partial charge >= 0.3 is 0 Å². The molecule has 0 aliphatic carbocycles. The Labute approximate surface area is 81.5 Å². The Morgan fingerprint density at radius 2 is 2.29 bits per heavy atom. The predicted octanol–water partition coefficient (Wildman–Crippen LogP) is 1.81. The number of aromatic hydroxyl groups is 1. The third kappa shape index (κ3) is 1.33. The highest BCUT2D eigenvalue weighted by Crippen LogP contribution is 2.26. The maximum atomic E-state index is 9.24. The minimum atomic E-state index is 0.115. The molecule has 1 aromatic heterocycles. The molecule has 0 saturated carbocycles. The number of phenolic OH excluding ortho intramolecular Hbond substituents is 1. The topological polar surface area (TPSA) is 58.3 Å². The fourth-order valence-electron chi connectivity index (χ4n) is 1.39. The van der Waals surface area contributed by atoms with E-state index in [0.717, 1.165) is 11.1 Å². The lowest BCUT2D eigenvalue weighted by Crippen LogP contribution is -2.11. The van der Waals surface area contributed by atoms with Crippen LogP contribution in [-0.4, -0.2) is 17.3 Å². The van der Waals surface area contributed by atoms with E-state index in [1.54, 1.807) is 12.1 Å². The van der Waals surface area contributed by atoms with Crippen molar-refractivity contribution in [3.63, 3.8) is 0 Å². The molecule has 2 N–H and O–H groups in total. The van der Waals surface area contributed by atoms with E-state index in [1.165, 1.54) is 0 Å². The molecule has 1 heterocycles. The molecule has 4 heteroatoms. The first-order chi connectivity index (χ1) is 6.72. The van der Waals surface area contributed by atoms with Crippen molar-refractivity contribution in [2.75, 3.05) is 7.05 Å². The molecule has 4 nitrogen and oxygen atoms in total. The van der Waals surface area contributed by atoms with Crippen molar-refractivity contribution in [2.24, 2.45) is 0 Å². The van der Waals surface area contributed by atoms with Crippen LogP contribution in [0.3, 0.4) is 0 Å². The number of hydrogen-bond donors (Lipinski definition) is 2. The van der Waals surface area contributed by atoms with Crippen LogP contribution in [0.4, 0.5) is 0 Å². The zero-order valence-electron chi connectivity index (χ0n) is 8.11. The fourth-order valence-corrected chi connectivity index (χ4v) is 1.39. The van der Waals surface area contributed by atoms with Gasteiger partial charge in [0.15, 0.2) is 5.76 Å². The second-order valence-electron chi connectivity index (χ2n) is 3.26. The summed E-state index contributed by atoms with van der Waals surface area (Å²) in [6.07, 6.45) is 0. The Morgan fingerprint density at radius 1 is 1.50 bits per heavy atom. The third-order valence-electron chi connectivity index (χ3n) is 2.32. The molecule has 0 aliphatic heterocycles. The minimum Gasteiger partial charge on any atom is -0.508 e. The number of rotatable bonds is 2. The van der Waals surface area contributed by atoms with Gasteiger partial charge in [0.2, 0.25) is 0 Å². The molecule has 2 rings (SSSR count). The highest BCUT2D eigenvalue weighted by Gasteiger charge is 2.13. The highest BCUT2D eigenvalue weighted by atomic mass is 16.5. The van der Waals surface area contributed by atoms with E-state index in [2.05, 4.69) is 10.5 Å².